The summed E-state index contributed by atoms with van der Waals surface area (Å²) < 4.78 is 0. The summed E-state index contributed by atoms with van der Waals surface area (Å²) in [5.74, 6) is 0.770. The molecule has 2 heteroatoms. The van der Waals surface area contributed by atoms with Gasteiger partial charge >= 0.3 is 0 Å². The van der Waals surface area contributed by atoms with E-state index in [0.29, 0.717) is 11.5 Å². The average Bonchev–Trinajstić information content (AvgIpc) is 2.14. The first kappa shape index (κ1) is 14.0. The number of aliphatic hydroxyl groups is 1. The van der Waals surface area contributed by atoms with Gasteiger partial charge in [0.05, 0.1) is 5.60 Å². The monoisotopic (exact) mass is 227 g/mol. The molecule has 0 aromatic heterocycles. The van der Waals surface area contributed by atoms with Crippen LogP contribution >= 0.6 is 0 Å². The van der Waals surface area contributed by atoms with Gasteiger partial charge < -0.3 is 10.4 Å². The van der Waals surface area contributed by atoms with Crippen LogP contribution in [0.4, 0.5) is 0 Å². The van der Waals surface area contributed by atoms with Crippen LogP contribution in [0, 0.1) is 11.3 Å². The van der Waals surface area contributed by atoms with E-state index in [1.54, 1.807) is 0 Å². The van der Waals surface area contributed by atoms with Crippen LogP contribution in [0.2, 0.25) is 0 Å². The highest BCUT2D eigenvalue weighted by atomic mass is 16.3. The zero-order chi connectivity index (χ0) is 12.4. The Morgan fingerprint density at radius 3 is 2.12 bits per heavy atom. The minimum atomic E-state index is -0.452. The van der Waals surface area contributed by atoms with E-state index in [1.165, 1.54) is 12.8 Å². The fourth-order valence-electron chi connectivity index (χ4n) is 2.59. The first-order chi connectivity index (χ1) is 7.23. The van der Waals surface area contributed by atoms with Gasteiger partial charge in [0, 0.05) is 12.6 Å². The summed E-state index contributed by atoms with van der Waals surface area (Å²) in [7, 11) is 0. The lowest BCUT2D eigenvalue weighted by Crippen LogP contribution is -2.46. The third-order valence-electron chi connectivity index (χ3n) is 3.98. The molecule has 1 aliphatic carbocycles. The van der Waals surface area contributed by atoms with Crippen LogP contribution in [0.15, 0.2) is 0 Å². The predicted octanol–water partition coefficient (Wildman–Crippen LogP) is 2.95. The average molecular weight is 227 g/mol. The van der Waals surface area contributed by atoms with Gasteiger partial charge in [-0.1, -0.05) is 34.6 Å². The van der Waals surface area contributed by atoms with Crippen molar-refractivity contribution in [1.82, 2.24) is 5.32 Å². The van der Waals surface area contributed by atoms with Gasteiger partial charge in [-0.3, -0.25) is 0 Å². The Morgan fingerprint density at radius 1 is 1.25 bits per heavy atom. The largest absolute Gasteiger partial charge is 0.389 e. The highest BCUT2D eigenvalue weighted by molar-refractivity contribution is 4.90. The molecule has 16 heavy (non-hydrogen) atoms. The Hall–Kier alpha value is -0.0800. The maximum atomic E-state index is 10.4. The Kier molecular flexibility index (Phi) is 4.42. The van der Waals surface area contributed by atoms with Crippen LogP contribution in [0.5, 0.6) is 0 Å². The van der Waals surface area contributed by atoms with E-state index in [9.17, 15) is 5.11 Å². The van der Waals surface area contributed by atoms with Crippen molar-refractivity contribution < 1.29 is 5.11 Å². The van der Waals surface area contributed by atoms with Crippen molar-refractivity contribution in [1.29, 1.82) is 0 Å². The minimum Gasteiger partial charge on any atom is -0.389 e. The lowest BCUT2D eigenvalue weighted by molar-refractivity contribution is -0.0248. The maximum Gasteiger partial charge on any atom is 0.0771 e. The second-order valence-electron chi connectivity index (χ2n) is 6.90. The van der Waals surface area contributed by atoms with E-state index >= 15 is 0 Å². The highest BCUT2D eigenvalue weighted by Crippen LogP contribution is 2.41. The molecule has 0 saturated heterocycles. The molecule has 0 atom stereocenters. The van der Waals surface area contributed by atoms with Crippen LogP contribution in [-0.2, 0) is 0 Å². The molecule has 0 radical (unpaired) electrons. The van der Waals surface area contributed by atoms with E-state index < -0.39 is 5.60 Å². The SMILES string of the molecule is CC(C)NCC1(O)CCC(C(C)(C)C)CC1. The highest BCUT2D eigenvalue weighted by Gasteiger charge is 2.36. The minimum absolute atomic E-state index is 0.396. The molecule has 1 fully saturated rings. The van der Waals surface area contributed by atoms with Gasteiger partial charge in [0.25, 0.3) is 0 Å². The molecule has 2 N–H and O–H groups in total. The Balaban J connectivity index is 2.41. The summed E-state index contributed by atoms with van der Waals surface area (Å²) >= 11 is 0. The van der Waals surface area contributed by atoms with Crippen molar-refractivity contribution in [3.05, 3.63) is 0 Å². The van der Waals surface area contributed by atoms with Crippen molar-refractivity contribution in [3.63, 3.8) is 0 Å². The molecule has 1 rings (SSSR count). The van der Waals surface area contributed by atoms with Gasteiger partial charge in [-0.15, -0.1) is 0 Å². The molecule has 0 amide bonds. The first-order valence-corrected chi connectivity index (χ1v) is 6.69. The topological polar surface area (TPSA) is 32.3 Å². The van der Waals surface area contributed by atoms with E-state index in [-0.39, 0.29) is 0 Å². The second kappa shape index (κ2) is 5.05. The molecule has 0 spiro atoms. The fourth-order valence-corrected chi connectivity index (χ4v) is 2.59. The van der Waals surface area contributed by atoms with Crippen LogP contribution in [0.25, 0.3) is 0 Å². The molecule has 0 heterocycles. The van der Waals surface area contributed by atoms with Crippen molar-refractivity contribution >= 4 is 0 Å². The number of hydrogen-bond acceptors (Lipinski definition) is 2. The van der Waals surface area contributed by atoms with Gasteiger partial charge in [0.15, 0.2) is 0 Å². The quantitative estimate of drug-likeness (QED) is 0.777. The normalized spacial score (nSPS) is 32.1. The molecule has 2 nitrogen and oxygen atoms in total. The third-order valence-corrected chi connectivity index (χ3v) is 3.98. The predicted molar refractivity (Wildman–Crippen MR) is 69.5 cm³/mol. The molecule has 0 aromatic rings. The lowest BCUT2D eigenvalue weighted by atomic mass is 9.68. The van der Waals surface area contributed by atoms with Gasteiger partial charge in [-0.25, -0.2) is 0 Å². The smallest absolute Gasteiger partial charge is 0.0771 e. The lowest BCUT2D eigenvalue weighted by Gasteiger charge is -2.41. The van der Waals surface area contributed by atoms with Crippen LogP contribution in [-0.4, -0.2) is 23.3 Å². The van der Waals surface area contributed by atoms with Gasteiger partial charge in [-0.05, 0) is 37.0 Å². The molecular formula is C14H29NO. The van der Waals surface area contributed by atoms with Crippen LogP contribution in [0.1, 0.15) is 60.3 Å². The van der Waals surface area contributed by atoms with E-state index in [2.05, 4.69) is 39.9 Å². The standard InChI is InChI=1S/C14H29NO/c1-11(2)15-10-14(16)8-6-12(7-9-14)13(3,4)5/h11-12,15-16H,6-10H2,1-5H3. The van der Waals surface area contributed by atoms with Crippen molar-refractivity contribution in [3.8, 4) is 0 Å². The zero-order valence-corrected chi connectivity index (χ0v) is 11.6. The van der Waals surface area contributed by atoms with Crippen LogP contribution < -0.4 is 5.32 Å². The fraction of sp³-hybridized carbons (Fsp3) is 1.00. The zero-order valence-electron chi connectivity index (χ0n) is 11.6. The Morgan fingerprint density at radius 2 is 1.75 bits per heavy atom. The Labute approximate surface area is 101 Å². The van der Waals surface area contributed by atoms with Crippen molar-refractivity contribution in [2.24, 2.45) is 11.3 Å². The van der Waals surface area contributed by atoms with Gasteiger partial charge in [0.2, 0.25) is 0 Å². The summed E-state index contributed by atoms with van der Waals surface area (Å²) in [5, 5.41) is 13.8. The molecule has 0 bridgehead atoms. The number of hydrogen-bond donors (Lipinski definition) is 2. The Bertz CT molecular complexity index is 209. The molecular weight excluding hydrogens is 198 g/mol. The van der Waals surface area contributed by atoms with Gasteiger partial charge in [0.1, 0.15) is 0 Å². The second-order valence-corrected chi connectivity index (χ2v) is 6.90. The maximum absolute atomic E-state index is 10.4. The summed E-state index contributed by atoms with van der Waals surface area (Å²) in [6, 6.07) is 0.462. The summed E-state index contributed by atoms with van der Waals surface area (Å²) in [5.41, 5.74) is -0.0567. The molecule has 0 aromatic carbocycles. The molecule has 1 aliphatic rings. The number of rotatable bonds is 3. The van der Waals surface area contributed by atoms with E-state index in [1.807, 2.05) is 0 Å². The third kappa shape index (κ3) is 4.06. The molecule has 0 unspecified atom stereocenters. The van der Waals surface area contributed by atoms with Crippen molar-refractivity contribution in [2.75, 3.05) is 6.54 Å². The van der Waals surface area contributed by atoms with Gasteiger partial charge in [-0.2, -0.15) is 0 Å². The first-order valence-electron chi connectivity index (χ1n) is 6.69. The van der Waals surface area contributed by atoms with Crippen LogP contribution in [0.3, 0.4) is 0 Å². The molecule has 1 saturated carbocycles. The summed E-state index contributed by atoms with van der Waals surface area (Å²) in [6.45, 7) is 12.0. The molecule has 0 aliphatic heterocycles. The number of nitrogens with one attached hydrogen (secondary N) is 1. The summed E-state index contributed by atoms with van der Waals surface area (Å²) in [4.78, 5) is 0. The van der Waals surface area contributed by atoms with E-state index in [0.717, 1.165) is 25.3 Å². The molecule has 96 valence electrons. The van der Waals surface area contributed by atoms with E-state index in [4.69, 9.17) is 0 Å². The van der Waals surface area contributed by atoms with Crippen molar-refractivity contribution in [2.45, 2.75) is 71.9 Å². The summed E-state index contributed by atoms with van der Waals surface area (Å²) in [6.07, 6.45) is 4.24.